The molecule has 2 fully saturated rings. The van der Waals surface area contributed by atoms with Crippen molar-refractivity contribution in [3.8, 4) is 0 Å². The standard InChI is InChI=1S/C26H29ClN4O2S/c27-19-7-6-10-21(17-19)29-13-15-30(16-14-29)24(32)18-34-26-28-23-12-5-4-11-22(23)25(33)31(26)20-8-2-1-3-9-20/h4-7,10-12,17,20H,1-3,8-9,13-16,18H2. The van der Waals surface area contributed by atoms with Crippen LogP contribution in [0.3, 0.4) is 0 Å². The van der Waals surface area contributed by atoms with Gasteiger partial charge in [0.15, 0.2) is 5.16 Å². The number of fused-ring (bicyclic) bond motifs is 1. The zero-order chi connectivity index (χ0) is 23.5. The Kier molecular flexibility index (Phi) is 7.11. The zero-order valence-electron chi connectivity index (χ0n) is 19.2. The van der Waals surface area contributed by atoms with Crippen molar-refractivity contribution in [1.82, 2.24) is 14.5 Å². The van der Waals surface area contributed by atoms with E-state index >= 15 is 0 Å². The Morgan fingerprint density at radius 2 is 1.76 bits per heavy atom. The molecule has 0 radical (unpaired) electrons. The van der Waals surface area contributed by atoms with Crippen LogP contribution in [0.1, 0.15) is 38.1 Å². The molecule has 0 unspecified atom stereocenters. The van der Waals surface area contributed by atoms with Crippen molar-refractivity contribution in [2.45, 2.75) is 43.3 Å². The number of piperazine rings is 1. The Balaban J connectivity index is 1.29. The van der Waals surface area contributed by atoms with Crippen LogP contribution in [-0.2, 0) is 4.79 Å². The first-order valence-corrected chi connectivity index (χ1v) is 13.4. The van der Waals surface area contributed by atoms with Crippen molar-refractivity contribution >= 4 is 45.9 Å². The first-order chi connectivity index (χ1) is 16.6. The predicted molar refractivity (Wildman–Crippen MR) is 139 cm³/mol. The molecule has 1 aromatic heterocycles. The third kappa shape index (κ3) is 4.96. The number of anilines is 1. The van der Waals surface area contributed by atoms with Crippen molar-refractivity contribution in [2.24, 2.45) is 0 Å². The minimum Gasteiger partial charge on any atom is -0.368 e. The number of aromatic nitrogens is 2. The Hall–Kier alpha value is -2.51. The molecule has 1 aliphatic heterocycles. The van der Waals surface area contributed by atoms with E-state index in [1.54, 1.807) is 0 Å². The maximum atomic E-state index is 13.4. The summed E-state index contributed by atoms with van der Waals surface area (Å²) in [7, 11) is 0. The van der Waals surface area contributed by atoms with Crippen LogP contribution >= 0.6 is 23.4 Å². The minimum absolute atomic E-state index is 0.0163. The fraction of sp³-hybridized carbons (Fsp3) is 0.423. The average Bonchev–Trinajstić information content (AvgIpc) is 2.88. The number of nitrogens with zero attached hydrogens (tertiary/aromatic N) is 4. The van der Waals surface area contributed by atoms with Gasteiger partial charge in [0.25, 0.3) is 5.56 Å². The molecule has 1 aliphatic carbocycles. The molecule has 8 heteroatoms. The van der Waals surface area contributed by atoms with Gasteiger partial charge in [-0.05, 0) is 43.2 Å². The number of hydrogen-bond acceptors (Lipinski definition) is 5. The SMILES string of the molecule is O=C(CSc1nc2ccccc2c(=O)n1C1CCCCC1)N1CCN(c2cccc(Cl)c2)CC1. The average molecular weight is 497 g/mol. The number of thioether (sulfide) groups is 1. The highest BCUT2D eigenvalue weighted by atomic mass is 35.5. The van der Waals surface area contributed by atoms with Crippen LogP contribution in [-0.4, -0.2) is 52.3 Å². The van der Waals surface area contributed by atoms with Crippen LogP contribution in [0.25, 0.3) is 10.9 Å². The molecule has 178 valence electrons. The Labute approximate surface area is 208 Å². The highest BCUT2D eigenvalue weighted by Crippen LogP contribution is 2.31. The summed E-state index contributed by atoms with van der Waals surface area (Å²) in [5.41, 5.74) is 1.80. The molecule has 6 nitrogen and oxygen atoms in total. The van der Waals surface area contributed by atoms with Gasteiger partial charge >= 0.3 is 0 Å². The van der Waals surface area contributed by atoms with Gasteiger partial charge in [0.1, 0.15) is 0 Å². The predicted octanol–water partition coefficient (Wildman–Crippen LogP) is 5.00. The van der Waals surface area contributed by atoms with Gasteiger partial charge in [-0.3, -0.25) is 14.2 Å². The molecule has 0 bridgehead atoms. The summed E-state index contributed by atoms with van der Waals surface area (Å²) in [4.78, 5) is 35.4. The Morgan fingerprint density at radius 1 is 1.00 bits per heavy atom. The number of benzene rings is 2. The van der Waals surface area contributed by atoms with Gasteiger partial charge in [-0.25, -0.2) is 4.98 Å². The lowest BCUT2D eigenvalue weighted by Gasteiger charge is -2.36. The number of carbonyl (C=O) groups excluding carboxylic acids is 1. The zero-order valence-corrected chi connectivity index (χ0v) is 20.7. The molecule has 2 aromatic carbocycles. The molecule has 0 atom stereocenters. The molecule has 0 spiro atoms. The highest BCUT2D eigenvalue weighted by Gasteiger charge is 2.25. The van der Waals surface area contributed by atoms with Crippen molar-refractivity contribution in [2.75, 3.05) is 36.8 Å². The number of para-hydroxylation sites is 1. The quantitative estimate of drug-likeness (QED) is 0.367. The molecule has 2 aliphatic rings. The summed E-state index contributed by atoms with van der Waals surface area (Å²) in [6.07, 6.45) is 5.46. The molecule has 3 aromatic rings. The van der Waals surface area contributed by atoms with Gasteiger partial charge in [-0.15, -0.1) is 0 Å². The molecule has 1 saturated carbocycles. The van der Waals surface area contributed by atoms with Crippen LogP contribution in [0.4, 0.5) is 5.69 Å². The summed E-state index contributed by atoms with van der Waals surface area (Å²) in [6, 6.07) is 15.5. The van der Waals surface area contributed by atoms with Crippen LogP contribution in [0.5, 0.6) is 0 Å². The van der Waals surface area contributed by atoms with E-state index in [2.05, 4.69) is 11.0 Å². The second-order valence-electron chi connectivity index (χ2n) is 9.01. The van der Waals surface area contributed by atoms with Gasteiger partial charge < -0.3 is 9.80 Å². The molecule has 0 N–H and O–H groups in total. The number of amides is 1. The van der Waals surface area contributed by atoms with E-state index in [0.29, 0.717) is 29.1 Å². The fourth-order valence-electron chi connectivity index (χ4n) is 4.99. The lowest BCUT2D eigenvalue weighted by atomic mass is 9.95. The minimum atomic E-state index is 0.0163. The van der Waals surface area contributed by atoms with Gasteiger partial charge in [0, 0.05) is 42.9 Å². The van der Waals surface area contributed by atoms with Gasteiger partial charge in [-0.2, -0.15) is 0 Å². The third-order valence-corrected chi connectivity index (χ3v) is 8.02. The lowest BCUT2D eigenvalue weighted by molar-refractivity contribution is -0.128. The topological polar surface area (TPSA) is 58.4 Å². The van der Waals surface area contributed by atoms with Crippen LogP contribution in [0.2, 0.25) is 5.02 Å². The number of hydrogen-bond donors (Lipinski definition) is 0. The Morgan fingerprint density at radius 3 is 2.53 bits per heavy atom. The lowest BCUT2D eigenvalue weighted by Crippen LogP contribution is -2.49. The van der Waals surface area contributed by atoms with E-state index in [9.17, 15) is 9.59 Å². The van der Waals surface area contributed by atoms with Crippen molar-refractivity contribution < 1.29 is 4.79 Å². The van der Waals surface area contributed by atoms with Gasteiger partial charge in [-0.1, -0.05) is 60.8 Å². The van der Waals surface area contributed by atoms with Crippen molar-refractivity contribution in [3.05, 3.63) is 63.9 Å². The number of halogens is 1. The summed E-state index contributed by atoms with van der Waals surface area (Å²) in [5, 5.41) is 2.04. The molecule has 2 heterocycles. The van der Waals surface area contributed by atoms with Crippen LogP contribution in [0.15, 0.2) is 58.5 Å². The van der Waals surface area contributed by atoms with E-state index in [1.807, 2.05) is 51.9 Å². The van der Waals surface area contributed by atoms with Gasteiger partial charge in [0.2, 0.25) is 5.91 Å². The Bertz CT molecular complexity index is 1230. The van der Waals surface area contributed by atoms with E-state index in [-0.39, 0.29) is 23.3 Å². The summed E-state index contributed by atoms with van der Waals surface area (Å²) in [5.74, 6) is 0.377. The largest absolute Gasteiger partial charge is 0.368 e. The smallest absolute Gasteiger partial charge is 0.262 e. The maximum Gasteiger partial charge on any atom is 0.262 e. The molecular formula is C26H29ClN4O2S. The van der Waals surface area contributed by atoms with Crippen molar-refractivity contribution in [3.63, 3.8) is 0 Å². The number of rotatable bonds is 5. The summed E-state index contributed by atoms with van der Waals surface area (Å²) < 4.78 is 1.87. The van der Waals surface area contributed by atoms with Crippen molar-refractivity contribution in [1.29, 1.82) is 0 Å². The number of carbonyl (C=O) groups is 1. The highest BCUT2D eigenvalue weighted by molar-refractivity contribution is 7.99. The second-order valence-corrected chi connectivity index (χ2v) is 10.4. The summed E-state index contributed by atoms with van der Waals surface area (Å²) >= 11 is 7.54. The molecule has 1 saturated heterocycles. The maximum absolute atomic E-state index is 13.4. The second kappa shape index (κ2) is 10.4. The molecule has 34 heavy (non-hydrogen) atoms. The summed E-state index contributed by atoms with van der Waals surface area (Å²) in [6.45, 7) is 2.90. The normalized spacial score (nSPS) is 17.3. The fourth-order valence-corrected chi connectivity index (χ4v) is 6.15. The van der Waals surface area contributed by atoms with E-state index < -0.39 is 0 Å². The molecule has 1 amide bonds. The van der Waals surface area contributed by atoms with E-state index in [4.69, 9.17) is 16.6 Å². The third-order valence-electron chi connectivity index (χ3n) is 6.85. The van der Waals surface area contributed by atoms with Gasteiger partial charge in [0.05, 0.1) is 16.7 Å². The van der Waals surface area contributed by atoms with E-state index in [0.717, 1.165) is 49.5 Å². The first kappa shape index (κ1) is 23.2. The van der Waals surface area contributed by atoms with E-state index in [1.165, 1.54) is 18.2 Å². The monoisotopic (exact) mass is 496 g/mol. The van der Waals surface area contributed by atoms with Crippen LogP contribution < -0.4 is 10.5 Å². The molecule has 5 rings (SSSR count). The van der Waals surface area contributed by atoms with Crippen LogP contribution in [0, 0.1) is 0 Å². The molecular weight excluding hydrogens is 468 g/mol. The first-order valence-electron chi connectivity index (χ1n) is 12.0.